The van der Waals surface area contributed by atoms with E-state index in [0.717, 1.165) is 13.8 Å². The molecule has 0 aliphatic carbocycles. The molecule has 0 unspecified atom stereocenters. The monoisotopic (exact) mass is 1050 g/mol. The first-order valence-electron chi connectivity index (χ1n) is 22.9. The van der Waals surface area contributed by atoms with Gasteiger partial charge in [-0.25, -0.2) is 4.79 Å². The van der Waals surface area contributed by atoms with E-state index in [1.807, 2.05) is 0 Å². The van der Waals surface area contributed by atoms with Crippen molar-refractivity contribution in [2.24, 2.45) is 28.9 Å². The normalized spacial score (nSPS) is 15.3. The van der Waals surface area contributed by atoms with E-state index in [4.69, 9.17) is 28.0 Å². The van der Waals surface area contributed by atoms with Crippen LogP contribution in [0.4, 0.5) is 0 Å². The highest BCUT2D eigenvalue weighted by Gasteiger charge is 2.38. The van der Waals surface area contributed by atoms with Crippen molar-refractivity contribution in [3.63, 3.8) is 0 Å². The molecule has 30 heteroatoms. The molecule has 410 valence electrons. The molecule has 0 spiro atoms. The number of primary amides is 3. The van der Waals surface area contributed by atoms with E-state index in [1.54, 1.807) is 37.3 Å². The van der Waals surface area contributed by atoms with Crippen LogP contribution in [0.2, 0.25) is 0 Å². The molecule has 0 fully saturated rings. The van der Waals surface area contributed by atoms with Gasteiger partial charge in [0, 0.05) is 19.3 Å². The molecule has 0 radical (unpaired) electrons. The fourth-order valence-corrected chi connectivity index (χ4v) is 6.61. The van der Waals surface area contributed by atoms with Gasteiger partial charge in [-0.1, -0.05) is 50.6 Å². The molecule has 20 N–H and O–H groups in total. The molecule has 1 rings (SSSR count). The van der Waals surface area contributed by atoms with Crippen LogP contribution in [-0.2, 0) is 73.5 Å². The molecule has 1 aromatic carbocycles. The Kier molecular flexibility index (Phi) is 26.9. The predicted octanol–water partition coefficient (Wildman–Crippen LogP) is -6.68. The van der Waals surface area contributed by atoms with E-state index in [-0.39, 0.29) is 12.8 Å². The summed E-state index contributed by atoms with van der Waals surface area (Å²) in [6, 6.07) is -7.47. The van der Waals surface area contributed by atoms with Crippen molar-refractivity contribution in [2.45, 2.75) is 146 Å². The van der Waals surface area contributed by atoms with Gasteiger partial charge in [-0.15, -0.1) is 0 Å². The summed E-state index contributed by atoms with van der Waals surface area (Å²) in [5.41, 5.74) is 21.8. The number of carboxylic acids is 3. The minimum Gasteiger partial charge on any atom is -0.481 e. The number of benzene rings is 1. The number of rotatable bonds is 34. The van der Waals surface area contributed by atoms with E-state index in [0.29, 0.717) is 5.56 Å². The largest absolute Gasteiger partial charge is 0.481 e. The Balaban J connectivity index is 3.37. The highest BCUT2D eigenvalue weighted by molar-refractivity contribution is 6.00. The van der Waals surface area contributed by atoms with Crippen LogP contribution in [0.3, 0.4) is 0 Å². The number of nitrogens with two attached hydrogens (primary N) is 4. The highest BCUT2D eigenvalue weighted by Crippen LogP contribution is 2.12. The number of carbonyl (C=O) groups excluding carboxylic acids is 11. The van der Waals surface area contributed by atoms with Crippen molar-refractivity contribution in [3.8, 4) is 0 Å². The number of carboxylic acid groups (broad SMARTS) is 3. The summed E-state index contributed by atoms with van der Waals surface area (Å²) < 4.78 is 0. The number of carbonyl (C=O) groups is 14. The smallest absolute Gasteiger partial charge is 0.326 e. The first-order chi connectivity index (χ1) is 34.5. The minimum atomic E-state index is -1.96. The summed E-state index contributed by atoms with van der Waals surface area (Å²) >= 11 is 0. The molecular formula is C44H66N12O18. The van der Waals surface area contributed by atoms with E-state index < -0.39 is 194 Å². The Hall–Kier alpha value is -8.28. The summed E-state index contributed by atoms with van der Waals surface area (Å²) in [5.74, 6) is -17.9. The number of nitrogens with one attached hydrogen (secondary N) is 8. The molecule has 0 saturated heterocycles. The lowest BCUT2D eigenvalue weighted by Gasteiger charge is -2.30. The van der Waals surface area contributed by atoms with Crippen molar-refractivity contribution >= 4 is 82.9 Å². The van der Waals surface area contributed by atoms with Gasteiger partial charge in [-0.05, 0) is 38.2 Å². The second-order valence-electron chi connectivity index (χ2n) is 17.1. The van der Waals surface area contributed by atoms with Crippen LogP contribution < -0.4 is 65.5 Å². The van der Waals surface area contributed by atoms with E-state index in [9.17, 15) is 82.4 Å². The third-order valence-corrected chi connectivity index (χ3v) is 10.9. The second-order valence-corrected chi connectivity index (χ2v) is 17.1. The van der Waals surface area contributed by atoms with E-state index >= 15 is 0 Å². The zero-order valence-corrected chi connectivity index (χ0v) is 40.9. The Morgan fingerprint density at radius 3 is 1.43 bits per heavy atom. The van der Waals surface area contributed by atoms with E-state index in [1.165, 1.54) is 6.92 Å². The Morgan fingerprint density at radius 1 is 0.486 bits per heavy atom. The van der Waals surface area contributed by atoms with Crippen molar-refractivity contribution in [3.05, 3.63) is 35.9 Å². The molecule has 30 nitrogen and oxygen atoms in total. The van der Waals surface area contributed by atoms with Crippen LogP contribution in [0.15, 0.2) is 30.3 Å². The topological polar surface area (TPSA) is 520 Å². The molecule has 1 aromatic rings. The number of hydrogen-bond donors (Lipinski definition) is 16. The lowest BCUT2D eigenvalue weighted by atomic mass is 9.96. The summed E-state index contributed by atoms with van der Waals surface area (Å²) in [6.45, 7) is 5.19. The van der Waals surface area contributed by atoms with Crippen LogP contribution >= 0.6 is 0 Å². The Morgan fingerprint density at radius 2 is 0.932 bits per heavy atom. The number of amides is 11. The molecule has 0 aromatic heterocycles. The van der Waals surface area contributed by atoms with Gasteiger partial charge in [0.05, 0.1) is 31.4 Å². The molecule has 0 saturated carbocycles. The van der Waals surface area contributed by atoms with Gasteiger partial charge in [-0.2, -0.15) is 0 Å². The standard InChI is InChI=1S/C44H66N12O18/c1-5-19(2)34(42(71)56-35(21(4)57)43(72)53-27(18-33(63)64)40(69)54-28(44(73)74)15-22-9-7-6-8-10-22)55-41(70)26(17-31(48)60)52-39(68)24(11-13-29(46)58)50-36(65)20(3)49-38(67)25(12-14-32(61)62)51-37(66)23(45)16-30(47)59/h6-10,19-21,23-28,34-35,57H,5,11-18,45H2,1-4H3,(H2,46,58)(H2,47,59)(H2,48,60)(H,49,67)(H,50,65)(H,51,66)(H,52,68)(H,53,72)(H,54,69)(H,55,70)(H,56,71)(H,61,62)(H,63,64)(H,73,74)/t19-,20-,21+,23-,24-,25-,26-,27-,28-,34-,35-/m0/s1. The first-order valence-corrected chi connectivity index (χ1v) is 22.9. The third-order valence-electron chi connectivity index (χ3n) is 10.9. The Bertz CT molecular complexity index is 2230. The first kappa shape index (κ1) is 63.7. The molecule has 0 aliphatic rings. The highest BCUT2D eigenvalue weighted by atomic mass is 16.4. The number of aliphatic carboxylic acids is 3. The van der Waals surface area contributed by atoms with Crippen molar-refractivity contribution in [1.29, 1.82) is 0 Å². The van der Waals surface area contributed by atoms with Gasteiger partial charge < -0.3 is 85.9 Å². The summed E-state index contributed by atoms with van der Waals surface area (Å²) in [7, 11) is 0. The zero-order valence-electron chi connectivity index (χ0n) is 40.9. The van der Waals surface area contributed by atoms with Gasteiger partial charge in [0.15, 0.2) is 0 Å². The maximum atomic E-state index is 13.9. The van der Waals surface area contributed by atoms with Crippen LogP contribution in [-0.4, -0.2) is 164 Å². The maximum Gasteiger partial charge on any atom is 0.326 e. The van der Waals surface area contributed by atoms with Crippen LogP contribution in [0.1, 0.15) is 84.6 Å². The summed E-state index contributed by atoms with van der Waals surface area (Å²) in [6.07, 6.45) is -6.80. The fraction of sp³-hybridized carbons (Fsp3) is 0.545. The molecule has 11 atom stereocenters. The molecule has 0 aliphatic heterocycles. The van der Waals surface area contributed by atoms with Crippen molar-refractivity contribution < 1.29 is 87.5 Å². The maximum absolute atomic E-state index is 13.9. The minimum absolute atomic E-state index is 0.136. The van der Waals surface area contributed by atoms with Crippen LogP contribution in [0.25, 0.3) is 0 Å². The number of hydrogen-bond acceptors (Lipinski definition) is 16. The van der Waals surface area contributed by atoms with Crippen LogP contribution in [0, 0.1) is 5.92 Å². The Labute approximate surface area is 422 Å². The van der Waals surface area contributed by atoms with Crippen molar-refractivity contribution in [2.75, 3.05) is 0 Å². The number of aliphatic hydroxyl groups is 1. The molecular weight excluding hydrogens is 985 g/mol. The van der Waals surface area contributed by atoms with E-state index in [2.05, 4.69) is 42.5 Å². The predicted molar refractivity (Wildman–Crippen MR) is 253 cm³/mol. The van der Waals surface area contributed by atoms with Crippen LogP contribution in [0.5, 0.6) is 0 Å². The SMILES string of the molecule is CC[C@H](C)[C@H](NC(=O)[C@H](CC(N)=O)NC(=O)[C@H](CCC(N)=O)NC(=O)[C@H](C)NC(=O)[C@H](CCC(=O)O)NC(=O)[C@@H](N)CC(N)=O)C(=O)N[C@H](C(=O)N[C@@H](CC(=O)O)C(=O)N[C@@H](Cc1ccccc1)C(=O)O)[C@@H](C)O. The molecule has 0 heterocycles. The quantitative estimate of drug-likeness (QED) is 0.0305. The average molecular weight is 1050 g/mol. The lowest BCUT2D eigenvalue weighted by Crippen LogP contribution is -2.63. The lowest BCUT2D eigenvalue weighted by molar-refractivity contribution is -0.144. The molecule has 0 bridgehead atoms. The van der Waals surface area contributed by atoms with Gasteiger partial charge >= 0.3 is 17.9 Å². The zero-order chi connectivity index (χ0) is 56.6. The van der Waals surface area contributed by atoms with Gasteiger partial charge in [0.2, 0.25) is 65.0 Å². The number of aliphatic hydroxyl groups excluding tert-OH is 1. The van der Waals surface area contributed by atoms with Gasteiger partial charge in [-0.3, -0.25) is 62.3 Å². The fourth-order valence-electron chi connectivity index (χ4n) is 6.61. The second kappa shape index (κ2) is 31.2. The third kappa shape index (κ3) is 23.3. The van der Waals surface area contributed by atoms with Gasteiger partial charge in [0.1, 0.15) is 48.3 Å². The molecule has 11 amide bonds. The van der Waals surface area contributed by atoms with Crippen molar-refractivity contribution in [1.82, 2.24) is 42.5 Å². The average Bonchev–Trinajstić information content (AvgIpc) is 3.30. The molecule has 74 heavy (non-hydrogen) atoms. The summed E-state index contributed by atoms with van der Waals surface area (Å²) in [5, 5.41) is 56.7. The van der Waals surface area contributed by atoms with Gasteiger partial charge in [0.25, 0.3) is 0 Å². The summed E-state index contributed by atoms with van der Waals surface area (Å²) in [4.78, 5) is 178.